The van der Waals surface area contributed by atoms with Gasteiger partial charge in [-0.3, -0.25) is 0 Å². The second-order valence-corrected chi connectivity index (χ2v) is 4.37. The van der Waals surface area contributed by atoms with Gasteiger partial charge in [0.25, 0.3) is 0 Å². The van der Waals surface area contributed by atoms with Gasteiger partial charge in [0.1, 0.15) is 0 Å². The Labute approximate surface area is 109 Å². The highest BCUT2D eigenvalue weighted by atomic mass is 32.1. The van der Waals surface area contributed by atoms with E-state index < -0.39 is 0 Å². The molecular formula is C13H20N2OS. The first-order valence-corrected chi connectivity index (χ1v) is 6.22. The average Bonchev–Trinajstić information content (AvgIpc) is 2.29. The maximum absolute atomic E-state index is 5.26. The van der Waals surface area contributed by atoms with Crippen LogP contribution in [0.4, 0.5) is 5.69 Å². The molecule has 1 aromatic rings. The number of hydrogen-bond acceptors (Lipinski definition) is 2. The smallest absolute Gasteiger partial charge is 0.171 e. The van der Waals surface area contributed by atoms with E-state index in [0.29, 0.717) is 11.7 Å². The van der Waals surface area contributed by atoms with Gasteiger partial charge in [-0.25, -0.2) is 0 Å². The molecule has 1 rings (SSSR count). The fourth-order valence-electron chi connectivity index (χ4n) is 1.62. The van der Waals surface area contributed by atoms with Gasteiger partial charge < -0.3 is 15.4 Å². The lowest BCUT2D eigenvalue weighted by molar-refractivity contribution is 0.179. The van der Waals surface area contributed by atoms with Crippen LogP contribution < -0.4 is 10.6 Å². The van der Waals surface area contributed by atoms with Crippen LogP contribution in [0.2, 0.25) is 0 Å². The number of thiocarbonyl (C=S) groups is 1. The third-order valence-corrected chi connectivity index (χ3v) is 2.66. The molecule has 0 radical (unpaired) electrons. The second kappa shape index (κ2) is 7.25. The lowest BCUT2D eigenvalue weighted by Crippen LogP contribution is -2.38. The molecule has 2 N–H and O–H groups in total. The molecule has 0 amide bonds. The summed E-state index contributed by atoms with van der Waals surface area (Å²) in [5, 5.41) is 7.03. The van der Waals surface area contributed by atoms with Gasteiger partial charge in [0, 0.05) is 18.8 Å². The molecule has 1 unspecified atom stereocenters. The van der Waals surface area contributed by atoms with Crippen molar-refractivity contribution in [3.8, 4) is 0 Å². The molecule has 0 fully saturated rings. The number of anilines is 1. The second-order valence-electron chi connectivity index (χ2n) is 3.97. The summed E-state index contributed by atoms with van der Waals surface area (Å²) in [4.78, 5) is 0. The van der Waals surface area contributed by atoms with E-state index in [2.05, 4.69) is 23.6 Å². The number of aryl methyl sites for hydroxylation is 1. The summed E-state index contributed by atoms with van der Waals surface area (Å²) in [5.41, 5.74) is 2.33. The van der Waals surface area contributed by atoms with E-state index in [4.69, 9.17) is 17.0 Å². The van der Waals surface area contributed by atoms with Crippen molar-refractivity contribution in [3.05, 3.63) is 29.8 Å². The minimum atomic E-state index is 0.203. The summed E-state index contributed by atoms with van der Waals surface area (Å²) in [6.07, 6.45) is 0.986. The van der Waals surface area contributed by atoms with Gasteiger partial charge in [0.05, 0.1) is 6.61 Å². The first kappa shape index (κ1) is 13.9. The molecule has 4 heteroatoms. The zero-order chi connectivity index (χ0) is 12.7. The van der Waals surface area contributed by atoms with E-state index in [0.717, 1.165) is 12.1 Å². The first-order valence-electron chi connectivity index (χ1n) is 5.81. The zero-order valence-corrected chi connectivity index (χ0v) is 11.4. The van der Waals surface area contributed by atoms with Gasteiger partial charge in [-0.15, -0.1) is 0 Å². The molecule has 0 aliphatic rings. The largest absolute Gasteiger partial charge is 0.383 e. The van der Waals surface area contributed by atoms with Gasteiger partial charge >= 0.3 is 0 Å². The molecule has 0 saturated heterocycles. The molecule has 1 atom stereocenters. The molecule has 1 aromatic carbocycles. The Balaban J connectivity index is 2.55. The molecule has 0 bridgehead atoms. The number of para-hydroxylation sites is 1. The summed E-state index contributed by atoms with van der Waals surface area (Å²) in [6.45, 7) is 4.80. The molecule has 0 aliphatic carbocycles. The molecule has 17 heavy (non-hydrogen) atoms. The zero-order valence-electron chi connectivity index (χ0n) is 10.6. The van der Waals surface area contributed by atoms with Crippen LogP contribution in [-0.4, -0.2) is 24.9 Å². The van der Waals surface area contributed by atoms with Gasteiger partial charge in [-0.2, -0.15) is 0 Å². The molecule has 94 valence electrons. The lowest BCUT2D eigenvalue weighted by atomic mass is 10.1. The fraction of sp³-hybridized carbons (Fsp3) is 0.462. The van der Waals surface area contributed by atoms with Crippen molar-refractivity contribution in [3.63, 3.8) is 0 Å². The van der Waals surface area contributed by atoms with Crippen LogP contribution in [0.25, 0.3) is 0 Å². The van der Waals surface area contributed by atoms with Crippen LogP contribution in [0.5, 0.6) is 0 Å². The number of benzene rings is 1. The summed E-state index contributed by atoms with van der Waals surface area (Å²) in [6, 6.07) is 8.38. The average molecular weight is 252 g/mol. The van der Waals surface area contributed by atoms with Crippen LogP contribution in [0.15, 0.2) is 24.3 Å². The predicted molar refractivity (Wildman–Crippen MR) is 76.5 cm³/mol. The van der Waals surface area contributed by atoms with Gasteiger partial charge in [-0.1, -0.05) is 25.1 Å². The van der Waals surface area contributed by atoms with E-state index in [1.807, 2.05) is 25.1 Å². The highest BCUT2D eigenvalue weighted by molar-refractivity contribution is 7.80. The maximum atomic E-state index is 5.26. The number of rotatable bonds is 5. The van der Waals surface area contributed by atoms with Gasteiger partial charge in [0.2, 0.25) is 0 Å². The molecule has 0 saturated carbocycles. The normalized spacial score (nSPS) is 11.9. The molecule has 0 spiro atoms. The van der Waals surface area contributed by atoms with E-state index in [1.165, 1.54) is 5.56 Å². The summed E-state index contributed by atoms with van der Waals surface area (Å²) < 4.78 is 5.05. The molecule has 0 aromatic heterocycles. The monoisotopic (exact) mass is 252 g/mol. The molecule has 0 aliphatic heterocycles. The van der Waals surface area contributed by atoms with E-state index >= 15 is 0 Å². The molecule has 3 nitrogen and oxygen atoms in total. The van der Waals surface area contributed by atoms with E-state index in [-0.39, 0.29) is 6.04 Å². The predicted octanol–water partition coefficient (Wildman–Crippen LogP) is 2.57. The summed E-state index contributed by atoms with van der Waals surface area (Å²) >= 11 is 5.26. The third-order valence-electron chi connectivity index (χ3n) is 2.44. The van der Waals surface area contributed by atoms with Crippen LogP contribution in [0.1, 0.15) is 19.4 Å². The van der Waals surface area contributed by atoms with Crippen LogP contribution in [-0.2, 0) is 11.2 Å². The highest BCUT2D eigenvalue weighted by Gasteiger charge is 2.05. The van der Waals surface area contributed by atoms with Crippen molar-refractivity contribution in [2.45, 2.75) is 26.3 Å². The van der Waals surface area contributed by atoms with Gasteiger partial charge in [0.15, 0.2) is 5.11 Å². The fourth-order valence-corrected chi connectivity index (χ4v) is 1.94. The Hall–Kier alpha value is -1.13. The number of ether oxygens (including phenoxy) is 1. The quantitative estimate of drug-likeness (QED) is 0.789. The standard InChI is InChI=1S/C13H20N2OS/c1-4-11-7-5-6-8-12(11)15-13(17)14-10(2)9-16-3/h5-8,10H,4,9H2,1-3H3,(H2,14,15,17). The van der Waals surface area contributed by atoms with Crippen molar-refractivity contribution >= 4 is 23.0 Å². The summed E-state index contributed by atoms with van der Waals surface area (Å²) in [5.74, 6) is 0. The van der Waals surface area contributed by atoms with Crippen molar-refractivity contribution in [2.75, 3.05) is 19.0 Å². The Kier molecular flexibility index (Phi) is 5.94. The van der Waals surface area contributed by atoms with Crippen LogP contribution in [0.3, 0.4) is 0 Å². The SMILES string of the molecule is CCc1ccccc1NC(=S)NC(C)COC. The van der Waals surface area contributed by atoms with E-state index in [9.17, 15) is 0 Å². The number of methoxy groups -OCH3 is 1. The lowest BCUT2D eigenvalue weighted by Gasteiger charge is -2.17. The van der Waals surface area contributed by atoms with Gasteiger partial charge in [-0.05, 0) is 37.2 Å². The molecular weight excluding hydrogens is 232 g/mol. The maximum Gasteiger partial charge on any atom is 0.171 e. The van der Waals surface area contributed by atoms with E-state index in [1.54, 1.807) is 7.11 Å². The Morgan fingerprint density at radius 3 is 2.76 bits per heavy atom. The van der Waals surface area contributed by atoms with Crippen LogP contribution in [0, 0.1) is 0 Å². The minimum Gasteiger partial charge on any atom is -0.383 e. The Morgan fingerprint density at radius 1 is 1.41 bits per heavy atom. The molecule has 0 heterocycles. The Morgan fingerprint density at radius 2 is 2.12 bits per heavy atom. The van der Waals surface area contributed by atoms with Crippen molar-refractivity contribution in [1.82, 2.24) is 5.32 Å². The minimum absolute atomic E-state index is 0.203. The summed E-state index contributed by atoms with van der Waals surface area (Å²) in [7, 11) is 1.68. The third kappa shape index (κ3) is 4.71. The topological polar surface area (TPSA) is 33.3 Å². The highest BCUT2D eigenvalue weighted by Crippen LogP contribution is 2.15. The van der Waals surface area contributed by atoms with Crippen LogP contribution >= 0.6 is 12.2 Å². The Bertz CT molecular complexity index is 368. The first-order chi connectivity index (χ1) is 8.17. The number of nitrogens with one attached hydrogen (secondary N) is 2. The van der Waals surface area contributed by atoms with Crippen molar-refractivity contribution < 1.29 is 4.74 Å². The van der Waals surface area contributed by atoms with Crippen molar-refractivity contribution in [1.29, 1.82) is 0 Å². The van der Waals surface area contributed by atoms with Crippen molar-refractivity contribution in [2.24, 2.45) is 0 Å². The number of hydrogen-bond donors (Lipinski definition) is 2.